The van der Waals surface area contributed by atoms with Crippen molar-refractivity contribution in [1.29, 1.82) is 0 Å². The predicted octanol–water partition coefficient (Wildman–Crippen LogP) is 3.60. The molecule has 0 saturated carbocycles. The highest BCUT2D eigenvalue weighted by Gasteiger charge is 2.15. The van der Waals surface area contributed by atoms with E-state index in [1.807, 2.05) is 18.5 Å². The van der Waals surface area contributed by atoms with Crippen LogP contribution in [0.5, 0.6) is 0 Å². The molecule has 3 aromatic rings. The van der Waals surface area contributed by atoms with E-state index in [9.17, 15) is 0 Å². The van der Waals surface area contributed by atoms with Crippen molar-refractivity contribution in [2.24, 2.45) is 0 Å². The first-order valence-corrected chi connectivity index (χ1v) is 8.49. The van der Waals surface area contributed by atoms with Crippen LogP contribution in [0.15, 0.2) is 83.6 Å². The largest absolute Gasteiger partial charge is 0.264 e. The second-order valence-corrected chi connectivity index (χ2v) is 7.49. The van der Waals surface area contributed by atoms with Crippen LogP contribution in [0.4, 0.5) is 0 Å². The summed E-state index contributed by atoms with van der Waals surface area (Å²) in [4.78, 5) is 4.28. The lowest BCUT2D eigenvalue weighted by atomic mass is 10.4. The van der Waals surface area contributed by atoms with Gasteiger partial charge in [-0.1, -0.05) is 64.5 Å². The number of hydrogen-bond acceptors (Lipinski definition) is 1. The van der Waals surface area contributed by atoms with E-state index in [2.05, 4.69) is 81.6 Å². The molecule has 1 heterocycles. The lowest BCUT2D eigenvalue weighted by Gasteiger charge is -2.18. The van der Waals surface area contributed by atoms with E-state index in [4.69, 9.17) is 0 Å². The van der Waals surface area contributed by atoms with Crippen molar-refractivity contribution < 1.29 is 0 Å². The maximum absolute atomic E-state index is 4.28. The fourth-order valence-corrected chi connectivity index (χ4v) is 4.59. The first-order chi connectivity index (χ1) is 9.84. The molecule has 0 saturated heterocycles. The van der Waals surface area contributed by atoms with E-state index < -0.39 is 7.92 Å². The Labute approximate surface area is 128 Å². The number of aromatic nitrogens is 1. The zero-order chi connectivity index (χ0) is 13.8. The third kappa shape index (κ3) is 2.98. The van der Waals surface area contributed by atoms with Crippen LogP contribution in [-0.2, 0) is 0 Å². The normalized spacial score (nSPS) is 12.1. The van der Waals surface area contributed by atoms with E-state index >= 15 is 0 Å². The first-order valence-electron chi connectivity index (χ1n) is 6.35. The van der Waals surface area contributed by atoms with Gasteiger partial charge in [0.15, 0.2) is 0 Å². The Morgan fingerprint density at radius 3 is 2.00 bits per heavy atom. The molecule has 3 heteroatoms. The van der Waals surface area contributed by atoms with Crippen molar-refractivity contribution in [3.63, 3.8) is 0 Å². The molecule has 0 N–H and O–H groups in total. The summed E-state index contributed by atoms with van der Waals surface area (Å²) < 4.78 is 1.11. The molecular weight excluding hydrogens is 329 g/mol. The average molecular weight is 342 g/mol. The second-order valence-electron chi connectivity index (χ2n) is 4.36. The summed E-state index contributed by atoms with van der Waals surface area (Å²) in [6, 6.07) is 23.4. The highest BCUT2D eigenvalue weighted by atomic mass is 79.9. The van der Waals surface area contributed by atoms with Crippen LogP contribution in [0.3, 0.4) is 0 Å². The Kier molecular flexibility index (Phi) is 4.25. The van der Waals surface area contributed by atoms with Gasteiger partial charge in [0, 0.05) is 22.2 Å². The van der Waals surface area contributed by atoms with E-state index in [-0.39, 0.29) is 0 Å². The van der Waals surface area contributed by atoms with Gasteiger partial charge in [-0.3, -0.25) is 4.98 Å². The fraction of sp³-hybridized carbons (Fsp3) is 0. The van der Waals surface area contributed by atoms with Crippen molar-refractivity contribution in [3.05, 3.63) is 83.6 Å². The fourth-order valence-electron chi connectivity index (χ4n) is 2.10. The molecule has 0 aliphatic heterocycles. The second kappa shape index (κ2) is 6.30. The zero-order valence-electron chi connectivity index (χ0n) is 10.8. The molecule has 2 aromatic carbocycles. The maximum Gasteiger partial charge on any atom is 0.0351 e. The highest BCUT2D eigenvalue weighted by Crippen LogP contribution is 2.32. The van der Waals surface area contributed by atoms with Gasteiger partial charge in [0.05, 0.1) is 0 Å². The quantitative estimate of drug-likeness (QED) is 0.663. The number of benzene rings is 2. The molecule has 1 nitrogen and oxygen atoms in total. The molecule has 0 bridgehead atoms. The standard InChI is InChI=1S/C17H13BrNP/c18-14-8-10-16(11-9-14)20(15-5-2-1-3-6-15)17-7-4-12-19-13-17/h1-13H. The molecule has 1 unspecified atom stereocenters. The summed E-state index contributed by atoms with van der Waals surface area (Å²) in [5.41, 5.74) is 0. The summed E-state index contributed by atoms with van der Waals surface area (Å²) in [5.74, 6) is 0. The summed E-state index contributed by atoms with van der Waals surface area (Å²) in [6.45, 7) is 0. The van der Waals surface area contributed by atoms with Crippen molar-refractivity contribution in [1.82, 2.24) is 4.98 Å². The van der Waals surface area contributed by atoms with Gasteiger partial charge in [-0.25, -0.2) is 0 Å². The zero-order valence-corrected chi connectivity index (χ0v) is 13.3. The summed E-state index contributed by atoms with van der Waals surface area (Å²) in [7, 11) is -0.542. The summed E-state index contributed by atoms with van der Waals surface area (Å²) in [6.07, 6.45) is 3.80. The molecule has 98 valence electrons. The molecule has 20 heavy (non-hydrogen) atoms. The average Bonchev–Trinajstić information content (AvgIpc) is 2.52. The van der Waals surface area contributed by atoms with Crippen LogP contribution < -0.4 is 15.9 Å². The number of hydrogen-bond donors (Lipinski definition) is 0. The third-order valence-electron chi connectivity index (χ3n) is 3.00. The Hall–Kier alpha value is -1.50. The molecule has 0 radical (unpaired) electrons. The highest BCUT2D eigenvalue weighted by molar-refractivity contribution is 9.10. The van der Waals surface area contributed by atoms with Gasteiger partial charge >= 0.3 is 0 Å². The lowest BCUT2D eigenvalue weighted by Crippen LogP contribution is -2.20. The van der Waals surface area contributed by atoms with Gasteiger partial charge in [0.1, 0.15) is 0 Å². The molecular formula is C17H13BrNP. The smallest absolute Gasteiger partial charge is 0.0351 e. The number of halogens is 1. The lowest BCUT2D eigenvalue weighted by molar-refractivity contribution is 1.35. The molecule has 1 atom stereocenters. The van der Waals surface area contributed by atoms with Crippen molar-refractivity contribution >= 4 is 39.8 Å². The van der Waals surface area contributed by atoms with E-state index in [1.54, 1.807) is 0 Å². The van der Waals surface area contributed by atoms with Crippen LogP contribution in [0.1, 0.15) is 0 Å². The van der Waals surface area contributed by atoms with E-state index in [1.165, 1.54) is 15.9 Å². The molecule has 0 spiro atoms. The molecule has 0 amide bonds. The minimum atomic E-state index is -0.542. The van der Waals surface area contributed by atoms with Gasteiger partial charge in [-0.05, 0) is 36.7 Å². The Balaban J connectivity index is 2.11. The Morgan fingerprint density at radius 1 is 0.700 bits per heavy atom. The predicted molar refractivity (Wildman–Crippen MR) is 90.6 cm³/mol. The maximum atomic E-state index is 4.28. The monoisotopic (exact) mass is 341 g/mol. The molecule has 0 fully saturated rings. The minimum Gasteiger partial charge on any atom is -0.264 e. The number of rotatable bonds is 3. The Bertz CT molecular complexity index is 629. The summed E-state index contributed by atoms with van der Waals surface area (Å²) >= 11 is 3.50. The van der Waals surface area contributed by atoms with Crippen LogP contribution in [0.2, 0.25) is 0 Å². The van der Waals surface area contributed by atoms with Gasteiger partial charge in [0.25, 0.3) is 0 Å². The van der Waals surface area contributed by atoms with Crippen molar-refractivity contribution in [3.8, 4) is 0 Å². The minimum absolute atomic E-state index is 0.542. The van der Waals surface area contributed by atoms with E-state index in [0.29, 0.717) is 0 Å². The number of nitrogens with zero attached hydrogens (tertiary/aromatic N) is 1. The number of pyridine rings is 1. The molecule has 0 aliphatic carbocycles. The van der Waals surface area contributed by atoms with Crippen LogP contribution in [-0.4, -0.2) is 4.98 Å². The van der Waals surface area contributed by atoms with E-state index in [0.717, 1.165) is 4.47 Å². The van der Waals surface area contributed by atoms with Gasteiger partial charge < -0.3 is 0 Å². The first kappa shape index (κ1) is 13.5. The molecule has 3 rings (SSSR count). The van der Waals surface area contributed by atoms with Crippen LogP contribution in [0.25, 0.3) is 0 Å². The van der Waals surface area contributed by atoms with Crippen molar-refractivity contribution in [2.75, 3.05) is 0 Å². The van der Waals surface area contributed by atoms with Crippen LogP contribution in [0, 0.1) is 0 Å². The topological polar surface area (TPSA) is 12.9 Å². The van der Waals surface area contributed by atoms with Gasteiger partial charge in [0.2, 0.25) is 0 Å². The third-order valence-corrected chi connectivity index (χ3v) is 5.94. The molecule has 1 aromatic heterocycles. The molecule has 0 aliphatic rings. The van der Waals surface area contributed by atoms with Crippen molar-refractivity contribution in [2.45, 2.75) is 0 Å². The van der Waals surface area contributed by atoms with Gasteiger partial charge in [-0.2, -0.15) is 0 Å². The summed E-state index contributed by atoms with van der Waals surface area (Å²) in [5, 5.41) is 3.95. The Morgan fingerprint density at radius 2 is 1.35 bits per heavy atom. The van der Waals surface area contributed by atoms with Gasteiger partial charge in [-0.15, -0.1) is 0 Å². The van der Waals surface area contributed by atoms with Crippen LogP contribution >= 0.6 is 23.9 Å². The SMILES string of the molecule is Brc1ccc(P(c2ccccc2)c2cccnc2)cc1.